The highest BCUT2D eigenvalue weighted by atomic mass is 32.1. The number of piperazine rings is 1. The van der Waals surface area contributed by atoms with E-state index in [1.165, 1.54) is 11.3 Å². The molecule has 0 aliphatic carbocycles. The molecule has 0 bridgehead atoms. The van der Waals surface area contributed by atoms with Crippen LogP contribution in [0.4, 0.5) is 0 Å². The largest absolute Gasteiger partial charge is 0.497 e. The summed E-state index contributed by atoms with van der Waals surface area (Å²) in [5.74, 6) is 1.20. The number of H-pyrrole nitrogens is 1. The Morgan fingerprint density at radius 1 is 1.09 bits per heavy atom. The highest BCUT2D eigenvalue weighted by Gasteiger charge is 2.25. The monoisotopic (exact) mass is 454 g/mol. The minimum Gasteiger partial charge on any atom is -0.497 e. The number of carbonyl (C=O) groups excluding carboxylic acids is 2. The van der Waals surface area contributed by atoms with Gasteiger partial charge in [-0.25, -0.2) is 4.98 Å². The summed E-state index contributed by atoms with van der Waals surface area (Å²) >= 11 is 1.50. The third-order valence-electron chi connectivity index (χ3n) is 5.92. The van der Waals surface area contributed by atoms with Crippen LogP contribution >= 0.6 is 11.3 Å². The molecule has 0 spiro atoms. The molecule has 0 unspecified atom stereocenters. The number of aryl methyl sites for hydroxylation is 3. The normalized spacial score (nSPS) is 14.1. The number of benzene rings is 1. The molecule has 3 aromatic rings. The summed E-state index contributed by atoms with van der Waals surface area (Å²) in [6.07, 6.45) is 0.648. The maximum absolute atomic E-state index is 12.7. The third-order valence-corrected chi connectivity index (χ3v) is 7.02. The van der Waals surface area contributed by atoms with Crippen molar-refractivity contribution in [3.05, 3.63) is 56.4 Å². The molecule has 168 valence electrons. The van der Waals surface area contributed by atoms with Crippen LogP contribution in [0.15, 0.2) is 29.1 Å². The number of hydrogen-bond donors (Lipinski definition) is 1. The second-order valence-electron chi connectivity index (χ2n) is 7.88. The number of nitrogens with one attached hydrogen (secondary N) is 1. The molecular formula is C23H26N4O4S. The Hall–Kier alpha value is -3.20. The van der Waals surface area contributed by atoms with Gasteiger partial charge in [-0.05, 0) is 43.7 Å². The molecule has 1 aromatic carbocycles. The summed E-state index contributed by atoms with van der Waals surface area (Å²) in [7, 11) is 1.59. The van der Waals surface area contributed by atoms with E-state index in [4.69, 9.17) is 4.74 Å². The summed E-state index contributed by atoms with van der Waals surface area (Å²) in [6.45, 7) is 5.87. The molecule has 1 aliphatic rings. The van der Waals surface area contributed by atoms with Gasteiger partial charge < -0.3 is 19.5 Å². The van der Waals surface area contributed by atoms with Gasteiger partial charge in [-0.2, -0.15) is 0 Å². The van der Waals surface area contributed by atoms with Crippen LogP contribution in [0.5, 0.6) is 5.75 Å². The van der Waals surface area contributed by atoms with E-state index >= 15 is 0 Å². The summed E-state index contributed by atoms with van der Waals surface area (Å²) < 4.78 is 5.13. The fourth-order valence-electron chi connectivity index (χ4n) is 3.88. The van der Waals surface area contributed by atoms with Crippen LogP contribution in [0.3, 0.4) is 0 Å². The predicted molar refractivity (Wildman–Crippen MR) is 124 cm³/mol. The lowest BCUT2D eigenvalue weighted by Gasteiger charge is -2.35. The maximum atomic E-state index is 12.7. The molecule has 8 nitrogen and oxygen atoms in total. The number of aromatic nitrogens is 2. The minimum absolute atomic E-state index is 0.00262. The van der Waals surface area contributed by atoms with E-state index < -0.39 is 0 Å². The van der Waals surface area contributed by atoms with Crippen molar-refractivity contribution in [1.82, 2.24) is 19.8 Å². The molecule has 2 amide bonds. The van der Waals surface area contributed by atoms with Crippen LogP contribution < -0.4 is 10.3 Å². The van der Waals surface area contributed by atoms with E-state index in [2.05, 4.69) is 9.97 Å². The number of hydrogen-bond acceptors (Lipinski definition) is 6. The van der Waals surface area contributed by atoms with E-state index in [9.17, 15) is 14.4 Å². The standard InChI is InChI=1S/C23H26N4O4S/c1-14-15(2)32-22-20(14)21(29)24-18(25-22)8-9-19(28)26-10-12-27(13-11-26)23(30)16-4-6-17(31-3)7-5-16/h4-7H,8-13H2,1-3H3,(H,24,25,29). The second kappa shape index (κ2) is 9.12. The fraction of sp³-hybridized carbons (Fsp3) is 0.391. The zero-order valence-corrected chi connectivity index (χ0v) is 19.3. The Balaban J connectivity index is 1.32. The van der Waals surface area contributed by atoms with Crippen LogP contribution in [0.2, 0.25) is 0 Å². The molecule has 0 atom stereocenters. The van der Waals surface area contributed by atoms with Gasteiger partial charge in [0.15, 0.2) is 0 Å². The summed E-state index contributed by atoms with van der Waals surface area (Å²) in [6, 6.07) is 7.03. The molecule has 4 rings (SSSR count). The average Bonchev–Trinajstić information content (AvgIpc) is 3.10. The van der Waals surface area contributed by atoms with Gasteiger partial charge in [0.05, 0.1) is 12.5 Å². The van der Waals surface area contributed by atoms with E-state index in [-0.39, 0.29) is 23.8 Å². The maximum Gasteiger partial charge on any atom is 0.259 e. The number of aromatic amines is 1. The third kappa shape index (κ3) is 4.38. The Kier molecular flexibility index (Phi) is 6.27. The smallest absolute Gasteiger partial charge is 0.259 e. The van der Waals surface area contributed by atoms with Gasteiger partial charge in [-0.3, -0.25) is 14.4 Å². The number of carbonyl (C=O) groups is 2. The quantitative estimate of drug-likeness (QED) is 0.639. The molecule has 1 N–H and O–H groups in total. The molecule has 0 radical (unpaired) electrons. The van der Waals surface area contributed by atoms with E-state index in [0.717, 1.165) is 15.3 Å². The lowest BCUT2D eigenvalue weighted by atomic mass is 10.1. The van der Waals surface area contributed by atoms with E-state index in [1.807, 2.05) is 13.8 Å². The summed E-state index contributed by atoms with van der Waals surface area (Å²) in [4.78, 5) is 50.5. The second-order valence-corrected chi connectivity index (χ2v) is 9.08. The first-order chi connectivity index (χ1) is 15.4. The Labute approximate surface area is 189 Å². The molecule has 32 heavy (non-hydrogen) atoms. The van der Waals surface area contributed by atoms with Crippen molar-refractivity contribution in [3.8, 4) is 5.75 Å². The first-order valence-corrected chi connectivity index (χ1v) is 11.4. The topological polar surface area (TPSA) is 95.6 Å². The van der Waals surface area contributed by atoms with Crippen molar-refractivity contribution in [1.29, 1.82) is 0 Å². The molecule has 9 heteroatoms. The van der Waals surface area contributed by atoms with Crippen molar-refractivity contribution < 1.29 is 14.3 Å². The SMILES string of the molecule is COc1ccc(C(=O)N2CCN(C(=O)CCc3nc4sc(C)c(C)c4c(=O)[nH]3)CC2)cc1. The van der Waals surface area contributed by atoms with Crippen molar-refractivity contribution in [2.24, 2.45) is 0 Å². The Bertz CT molecular complexity index is 1210. The molecular weight excluding hydrogens is 428 g/mol. The molecule has 1 aliphatic heterocycles. The molecule has 1 saturated heterocycles. The molecule has 3 heterocycles. The van der Waals surface area contributed by atoms with Gasteiger partial charge in [0, 0.05) is 49.5 Å². The highest BCUT2D eigenvalue weighted by Crippen LogP contribution is 2.25. The number of thiophene rings is 1. The molecule has 1 fully saturated rings. The zero-order chi connectivity index (χ0) is 22.8. The first-order valence-electron chi connectivity index (χ1n) is 10.6. The predicted octanol–water partition coefficient (Wildman–Crippen LogP) is 2.53. The summed E-state index contributed by atoms with van der Waals surface area (Å²) in [5, 5.41) is 0.639. The van der Waals surface area contributed by atoms with Gasteiger partial charge in [0.25, 0.3) is 11.5 Å². The zero-order valence-electron chi connectivity index (χ0n) is 18.4. The van der Waals surface area contributed by atoms with Gasteiger partial charge in [0.2, 0.25) is 5.91 Å². The lowest BCUT2D eigenvalue weighted by Crippen LogP contribution is -2.50. The van der Waals surface area contributed by atoms with Crippen LogP contribution in [0, 0.1) is 13.8 Å². The van der Waals surface area contributed by atoms with Crippen LogP contribution in [0.25, 0.3) is 10.2 Å². The van der Waals surface area contributed by atoms with Crippen LogP contribution in [-0.4, -0.2) is 64.9 Å². The van der Waals surface area contributed by atoms with E-state index in [1.54, 1.807) is 41.2 Å². The Morgan fingerprint density at radius 2 is 1.75 bits per heavy atom. The number of nitrogens with zero attached hydrogens (tertiary/aromatic N) is 3. The van der Waals surface area contributed by atoms with Gasteiger partial charge >= 0.3 is 0 Å². The van der Waals surface area contributed by atoms with Crippen LogP contribution in [0.1, 0.15) is 33.0 Å². The minimum atomic E-state index is -0.148. The lowest BCUT2D eigenvalue weighted by molar-refractivity contribution is -0.132. The first kappa shape index (κ1) is 22.0. The van der Waals surface area contributed by atoms with Crippen LogP contribution in [-0.2, 0) is 11.2 Å². The number of ether oxygens (including phenoxy) is 1. The molecule has 0 saturated carbocycles. The number of fused-ring (bicyclic) bond motifs is 1. The van der Waals surface area contributed by atoms with Crippen molar-refractivity contribution >= 4 is 33.4 Å². The fourth-order valence-corrected chi connectivity index (χ4v) is 4.93. The van der Waals surface area contributed by atoms with Gasteiger partial charge in [0.1, 0.15) is 16.4 Å². The number of methoxy groups -OCH3 is 1. The number of amides is 2. The number of rotatable bonds is 5. The molecule has 2 aromatic heterocycles. The average molecular weight is 455 g/mol. The van der Waals surface area contributed by atoms with E-state index in [0.29, 0.717) is 55.1 Å². The van der Waals surface area contributed by atoms with Gasteiger partial charge in [-0.1, -0.05) is 0 Å². The Morgan fingerprint density at radius 3 is 2.41 bits per heavy atom. The highest BCUT2D eigenvalue weighted by molar-refractivity contribution is 7.18. The van der Waals surface area contributed by atoms with Crippen molar-refractivity contribution in [2.75, 3.05) is 33.3 Å². The summed E-state index contributed by atoms with van der Waals surface area (Å²) in [5.41, 5.74) is 1.42. The van der Waals surface area contributed by atoms with Crippen molar-refractivity contribution in [3.63, 3.8) is 0 Å². The van der Waals surface area contributed by atoms with Gasteiger partial charge in [-0.15, -0.1) is 11.3 Å². The van der Waals surface area contributed by atoms with Crippen molar-refractivity contribution in [2.45, 2.75) is 26.7 Å².